The maximum atomic E-state index is 5.63. The number of hydrogen-bond donors (Lipinski definition) is 1. The molecule has 1 fully saturated rings. The van der Waals surface area contributed by atoms with Gasteiger partial charge in [-0.05, 0) is 6.92 Å². The molecule has 1 aromatic rings. The van der Waals surface area contributed by atoms with Gasteiger partial charge in [-0.2, -0.15) is 0 Å². The lowest BCUT2D eigenvalue weighted by Crippen LogP contribution is -2.45. The van der Waals surface area contributed by atoms with Crippen LogP contribution in [0.4, 0.5) is 11.6 Å². The first-order valence-electron chi connectivity index (χ1n) is 6.25. The van der Waals surface area contributed by atoms with Crippen molar-refractivity contribution in [2.24, 2.45) is 0 Å². The molecule has 1 aromatic heterocycles. The standard InChI is InChI=1S/C12H20N4O2/c1-3-13-11-12(15-5-4-14-11)16-6-7-18-10(8-16)9-17-2/h4-5,10H,3,6-9H2,1-2H3,(H,13,14)/t10-/m1/s1. The number of nitrogens with one attached hydrogen (secondary N) is 1. The number of ether oxygens (including phenoxy) is 2. The van der Waals surface area contributed by atoms with E-state index in [0.717, 1.165) is 31.3 Å². The maximum absolute atomic E-state index is 5.63. The van der Waals surface area contributed by atoms with Crippen LogP contribution < -0.4 is 10.2 Å². The van der Waals surface area contributed by atoms with Crippen molar-refractivity contribution < 1.29 is 9.47 Å². The van der Waals surface area contributed by atoms with Gasteiger partial charge in [0, 0.05) is 39.1 Å². The zero-order valence-corrected chi connectivity index (χ0v) is 10.9. The molecule has 2 heterocycles. The van der Waals surface area contributed by atoms with E-state index in [0.29, 0.717) is 13.2 Å². The lowest BCUT2D eigenvalue weighted by molar-refractivity contribution is -0.0102. The van der Waals surface area contributed by atoms with E-state index in [1.54, 1.807) is 19.5 Å². The van der Waals surface area contributed by atoms with Crippen molar-refractivity contribution in [1.82, 2.24) is 9.97 Å². The number of morpholine rings is 1. The van der Waals surface area contributed by atoms with Gasteiger partial charge in [0.2, 0.25) is 0 Å². The second-order valence-corrected chi connectivity index (χ2v) is 4.15. The third-order valence-corrected chi connectivity index (χ3v) is 2.81. The van der Waals surface area contributed by atoms with Crippen LogP contribution >= 0.6 is 0 Å². The van der Waals surface area contributed by atoms with Crippen molar-refractivity contribution in [2.75, 3.05) is 50.2 Å². The second-order valence-electron chi connectivity index (χ2n) is 4.15. The van der Waals surface area contributed by atoms with Crippen LogP contribution in [0, 0.1) is 0 Å². The Kier molecular flexibility index (Phi) is 4.72. The highest BCUT2D eigenvalue weighted by Gasteiger charge is 2.23. The summed E-state index contributed by atoms with van der Waals surface area (Å²) in [6.07, 6.45) is 3.52. The van der Waals surface area contributed by atoms with Crippen LogP contribution in [-0.2, 0) is 9.47 Å². The highest BCUT2D eigenvalue weighted by atomic mass is 16.5. The molecule has 2 rings (SSSR count). The predicted octanol–water partition coefficient (Wildman–Crippen LogP) is 0.760. The Balaban J connectivity index is 2.10. The van der Waals surface area contributed by atoms with Gasteiger partial charge in [-0.25, -0.2) is 9.97 Å². The van der Waals surface area contributed by atoms with E-state index in [1.165, 1.54) is 0 Å². The molecule has 0 bridgehead atoms. The molecule has 100 valence electrons. The van der Waals surface area contributed by atoms with E-state index in [9.17, 15) is 0 Å². The third kappa shape index (κ3) is 3.08. The van der Waals surface area contributed by atoms with E-state index in [2.05, 4.69) is 20.2 Å². The van der Waals surface area contributed by atoms with Crippen molar-refractivity contribution in [3.05, 3.63) is 12.4 Å². The fourth-order valence-electron chi connectivity index (χ4n) is 2.05. The number of hydrogen-bond acceptors (Lipinski definition) is 6. The van der Waals surface area contributed by atoms with Crippen molar-refractivity contribution in [3.63, 3.8) is 0 Å². The minimum atomic E-state index is 0.0974. The van der Waals surface area contributed by atoms with E-state index < -0.39 is 0 Å². The highest BCUT2D eigenvalue weighted by molar-refractivity contribution is 5.60. The van der Waals surface area contributed by atoms with Crippen LogP contribution in [0.2, 0.25) is 0 Å². The molecule has 1 saturated heterocycles. The van der Waals surface area contributed by atoms with Crippen LogP contribution in [0.15, 0.2) is 12.4 Å². The van der Waals surface area contributed by atoms with Gasteiger partial charge >= 0.3 is 0 Å². The Morgan fingerprint density at radius 1 is 1.50 bits per heavy atom. The Bertz CT molecular complexity index is 373. The molecule has 6 heteroatoms. The maximum Gasteiger partial charge on any atom is 0.171 e. The lowest BCUT2D eigenvalue weighted by atomic mass is 10.3. The Morgan fingerprint density at radius 2 is 2.33 bits per heavy atom. The van der Waals surface area contributed by atoms with E-state index in [1.807, 2.05) is 6.92 Å². The van der Waals surface area contributed by atoms with Gasteiger partial charge in [0.15, 0.2) is 11.6 Å². The first kappa shape index (κ1) is 13.0. The van der Waals surface area contributed by atoms with Gasteiger partial charge in [0.1, 0.15) is 0 Å². The van der Waals surface area contributed by atoms with Crippen molar-refractivity contribution in [3.8, 4) is 0 Å². The Hall–Kier alpha value is -1.40. The van der Waals surface area contributed by atoms with Crippen molar-refractivity contribution in [2.45, 2.75) is 13.0 Å². The minimum Gasteiger partial charge on any atom is -0.382 e. The zero-order chi connectivity index (χ0) is 12.8. The molecule has 0 saturated carbocycles. The van der Waals surface area contributed by atoms with Gasteiger partial charge < -0.3 is 19.7 Å². The molecule has 0 amide bonds. The largest absolute Gasteiger partial charge is 0.382 e. The smallest absolute Gasteiger partial charge is 0.171 e. The molecular formula is C12H20N4O2. The van der Waals surface area contributed by atoms with E-state index >= 15 is 0 Å². The molecule has 0 aliphatic carbocycles. The normalized spacial score (nSPS) is 19.9. The van der Waals surface area contributed by atoms with Crippen LogP contribution in [-0.4, -0.2) is 56.0 Å². The summed E-state index contributed by atoms with van der Waals surface area (Å²) >= 11 is 0. The Labute approximate surface area is 107 Å². The number of aromatic nitrogens is 2. The summed E-state index contributed by atoms with van der Waals surface area (Å²) in [4.78, 5) is 10.9. The number of nitrogens with zero attached hydrogens (tertiary/aromatic N) is 3. The fourth-order valence-corrected chi connectivity index (χ4v) is 2.05. The van der Waals surface area contributed by atoms with Gasteiger partial charge in [0.05, 0.1) is 19.3 Å². The zero-order valence-electron chi connectivity index (χ0n) is 10.9. The van der Waals surface area contributed by atoms with Crippen LogP contribution in [0.5, 0.6) is 0 Å². The van der Waals surface area contributed by atoms with Gasteiger partial charge in [-0.15, -0.1) is 0 Å². The third-order valence-electron chi connectivity index (χ3n) is 2.81. The summed E-state index contributed by atoms with van der Waals surface area (Å²) in [6.45, 7) is 5.79. The molecule has 1 atom stereocenters. The molecule has 0 spiro atoms. The number of rotatable bonds is 5. The highest BCUT2D eigenvalue weighted by Crippen LogP contribution is 2.22. The molecule has 6 nitrogen and oxygen atoms in total. The van der Waals surface area contributed by atoms with E-state index in [-0.39, 0.29) is 6.10 Å². The summed E-state index contributed by atoms with van der Waals surface area (Å²) < 4.78 is 10.8. The molecule has 1 N–H and O–H groups in total. The van der Waals surface area contributed by atoms with Crippen LogP contribution in [0.25, 0.3) is 0 Å². The van der Waals surface area contributed by atoms with Crippen molar-refractivity contribution in [1.29, 1.82) is 0 Å². The first-order valence-corrected chi connectivity index (χ1v) is 6.25. The SMILES string of the molecule is CCNc1nccnc1N1CCO[C@@H](COC)C1. The van der Waals surface area contributed by atoms with Gasteiger partial charge in [-0.3, -0.25) is 0 Å². The van der Waals surface area contributed by atoms with E-state index in [4.69, 9.17) is 9.47 Å². The number of methoxy groups -OCH3 is 1. The molecule has 0 radical (unpaired) electrons. The molecule has 1 aliphatic rings. The van der Waals surface area contributed by atoms with Gasteiger partial charge in [-0.1, -0.05) is 0 Å². The first-order chi connectivity index (χ1) is 8.85. The molecular weight excluding hydrogens is 232 g/mol. The monoisotopic (exact) mass is 252 g/mol. The Morgan fingerprint density at radius 3 is 3.11 bits per heavy atom. The van der Waals surface area contributed by atoms with Crippen LogP contribution in [0.1, 0.15) is 6.92 Å². The average Bonchev–Trinajstić information content (AvgIpc) is 2.40. The number of anilines is 2. The average molecular weight is 252 g/mol. The second kappa shape index (κ2) is 6.51. The van der Waals surface area contributed by atoms with Crippen molar-refractivity contribution >= 4 is 11.6 Å². The summed E-state index contributed by atoms with van der Waals surface area (Å²) in [5.74, 6) is 1.72. The summed E-state index contributed by atoms with van der Waals surface area (Å²) in [6, 6.07) is 0. The summed E-state index contributed by atoms with van der Waals surface area (Å²) in [5.41, 5.74) is 0. The topological polar surface area (TPSA) is 59.5 Å². The summed E-state index contributed by atoms with van der Waals surface area (Å²) in [7, 11) is 1.69. The molecule has 18 heavy (non-hydrogen) atoms. The molecule has 0 aromatic carbocycles. The van der Waals surface area contributed by atoms with Crippen LogP contribution in [0.3, 0.4) is 0 Å². The summed E-state index contributed by atoms with van der Waals surface area (Å²) in [5, 5.41) is 3.23. The molecule has 0 unspecified atom stereocenters. The minimum absolute atomic E-state index is 0.0974. The lowest BCUT2D eigenvalue weighted by Gasteiger charge is -2.33. The molecule has 1 aliphatic heterocycles. The predicted molar refractivity (Wildman–Crippen MR) is 70.0 cm³/mol. The van der Waals surface area contributed by atoms with Gasteiger partial charge in [0.25, 0.3) is 0 Å². The quantitative estimate of drug-likeness (QED) is 0.835. The fraction of sp³-hybridized carbons (Fsp3) is 0.667.